The number of anilines is 1. The van der Waals surface area contributed by atoms with Gasteiger partial charge in [-0.15, -0.1) is 16.9 Å². The molecule has 0 aliphatic heterocycles. The summed E-state index contributed by atoms with van der Waals surface area (Å²) in [5.41, 5.74) is 4.10. The first-order valence-electron chi connectivity index (χ1n) is 7.91. The Morgan fingerprint density at radius 1 is 1.12 bits per heavy atom. The largest absolute Gasteiger partial charge is 0.325 e. The van der Waals surface area contributed by atoms with Crippen molar-refractivity contribution in [3.8, 4) is 5.69 Å². The van der Waals surface area contributed by atoms with Gasteiger partial charge in [0.2, 0.25) is 5.91 Å². The SMILES string of the molecule is Cc1ccc(NC(=O)CSCc2nnnn2-c2ccccc2)cc1C. The molecule has 0 radical (unpaired) electrons. The summed E-state index contributed by atoms with van der Waals surface area (Å²) in [5, 5.41) is 14.7. The van der Waals surface area contributed by atoms with Crippen molar-refractivity contribution in [1.82, 2.24) is 20.2 Å². The van der Waals surface area contributed by atoms with Gasteiger partial charge >= 0.3 is 0 Å². The molecule has 0 saturated carbocycles. The van der Waals surface area contributed by atoms with Crippen LogP contribution in [-0.2, 0) is 10.5 Å². The second-order valence-corrected chi connectivity index (χ2v) is 6.67. The normalized spacial score (nSPS) is 10.6. The minimum atomic E-state index is -0.0352. The summed E-state index contributed by atoms with van der Waals surface area (Å²) in [6.07, 6.45) is 0. The van der Waals surface area contributed by atoms with E-state index in [2.05, 4.69) is 20.8 Å². The van der Waals surface area contributed by atoms with E-state index in [1.165, 1.54) is 17.3 Å². The zero-order valence-electron chi connectivity index (χ0n) is 14.1. The maximum atomic E-state index is 12.1. The number of aromatic nitrogens is 4. The van der Waals surface area contributed by atoms with Crippen molar-refractivity contribution in [3.63, 3.8) is 0 Å². The monoisotopic (exact) mass is 353 g/mol. The highest BCUT2D eigenvalue weighted by Gasteiger charge is 2.10. The lowest BCUT2D eigenvalue weighted by Gasteiger charge is -2.08. The lowest BCUT2D eigenvalue weighted by Crippen LogP contribution is -2.14. The molecule has 0 atom stereocenters. The Morgan fingerprint density at radius 2 is 1.92 bits per heavy atom. The van der Waals surface area contributed by atoms with E-state index in [4.69, 9.17) is 0 Å². The zero-order chi connectivity index (χ0) is 17.6. The van der Waals surface area contributed by atoms with Crippen molar-refractivity contribution < 1.29 is 4.79 Å². The molecule has 1 heterocycles. The number of hydrogen-bond donors (Lipinski definition) is 1. The van der Waals surface area contributed by atoms with Gasteiger partial charge in [0, 0.05) is 5.69 Å². The summed E-state index contributed by atoms with van der Waals surface area (Å²) < 4.78 is 1.69. The van der Waals surface area contributed by atoms with E-state index in [9.17, 15) is 4.79 Å². The van der Waals surface area contributed by atoms with E-state index in [0.717, 1.165) is 22.8 Å². The minimum Gasteiger partial charge on any atom is -0.325 e. The second kappa shape index (κ2) is 7.94. The third-order valence-corrected chi connectivity index (χ3v) is 4.72. The molecule has 1 N–H and O–H groups in total. The second-order valence-electron chi connectivity index (χ2n) is 5.68. The van der Waals surface area contributed by atoms with Crippen molar-refractivity contribution in [2.24, 2.45) is 0 Å². The predicted molar refractivity (Wildman–Crippen MR) is 99.9 cm³/mol. The van der Waals surface area contributed by atoms with E-state index in [-0.39, 0.29) is 5.91 Å². The number of thioether (sulfide) groups is 1. The van der Waals surface area contributed by atoms with Crippen molar-refractivity contribution in [2.75, 3.05) is 11.1 Å². The molecule has 0 fully saturated rings. The number of para-hydroxylation sites is 1. The van der Waals surface area contributed by atoms with Gasteiger partial charge < -0.3 is 5.32 Å². The number of nitrogens with one attached hydrogen (secondary N) is 1. The Kier molecular flexibility index (Phi) is 5.45. The molecule has 7 heteroatoms. The summed E-state index contributed by atoms with van der Waals surface area (Å²) in [6.45, 7) is 4.08. The van der Waals surface area contributed by atoms with Gasteiger partial charge in [0.25, 0.3) is 0 Å². The lowest BCUT2D eigenvalue weighted by atomic mass is 10.1. The van der Waals surface area contributed by atoms with Crippen molar-refractivity contribution in [2.45, 2.75) is 19.6 Å². The van der Waals surface area contributed by atoms with Crippen molar-refractivity contribution in [3.05, 3.63) is 65.5 Å². The molecule has 128 valence electrons. The number of hydrogen-bond acceptors (Lipinski definition) is 5. The zero-order valence-corrected chi connectivity index (χ0v) is 15.0. The maximum Gasteiger partial charge on any atom is 0.234 e. The number of aryl methyl sites for hydroxylation is 2. The Morgan fingerprint density at radius 3 is 2.68 bits per heavy atom. The van der Waals surface area contributed by atoms with Gasteiger partial charge in [0.1, 0.15) is 0 Å². The Labute approximate surface area is 150 Å². The number of benzene rings is 2. The molecule has 6 nitrogen and oxygen atoms in total. The number of nitrogens with zero attached hydrogens (tertiary/aromatic N) is 4. The highest BCUT2D eigenvalue weighted by atomic mass is 32.2. The number of carbonyl (C=O) groups is 1. The highest BCUT2D eigenvalue weighted by Crippen LogP contribution is 2.16. The average Bonchev–Trinajstić information content (AvgIpc) is 3.07. The fourth-order valence-electron chi connectivity index (χ4n) is 2.32. The quantitative estimate of drug-likeness (QED) is 0.737. The van der Waals surface area contributed by atoms with Crippen LogP contribution in [0.3, 0.4) is 0 Å². The van der Waals surface area contributed by atoms with Crippen LogP contribution in [0.2, 0.25) is 0 Å². The molecule has 1 amide bonds. The van der Waals surface area contributed by atoms with Crippen LogP contribution in [0.25, 0.3) is 5.69 Å². The molecule has 0 aliphatic carbocycles. The Hall–Kier alpha value is -2.67. The maximum absolute atomic E-state index is 12.1. The van der Waals surface area contributed by atoms with Gasteiger partial charge in [-0.3, -0.25) is 4.79 Å². The van der Waals surface area contributed by atoms with Crippen molar-refractivity contribution >= 4 is 23.4 Å². The first-order valence-corrected chi connectivity index (χ1v) is 9.06. The third kappa shape index (κ3) is 4.45. The molecular weight excluding hydrogens is 334 g/mol. The van der Waals surface area contributed by atoms with E-state index >= 15 is 0 Å². The third-order valence-electron chi connectivity index (χ3n) is 3.79. The fourth-order valence-corrected chi connectivity index (χ4v) is 3.04. The van der Waals surface area contributed by atoms with E-state index < -0.39 is 0 Å². The Balaban J connectivity index is 1.54. The molecule has 3 rings (SSSR count). The van der Waals surface area contributed by atoms with E-state index in [1.807, 2.05) is 62.4 Å². The average molecular weight is 353 g/mol. The van der Waals surface area contributed by atoms with Gasteiger partial charge in [-0.2, -0.15) is 4.68 Å². The van der Waals surface area contributed by atoms with Crippen LogP contribution in [0.5, 0.6) is 0 Å². The van der Waals surface area contributed by atoms with Crippen LogP contribution in [0.15, 0.2) is 48.5 Å². The molecule has 2 aromatic carbocycles. The van der Waals surface area contributed by atoms with Gasteiger partial charge in [-0.1, -0.05) is 24.3 Å². The van der Waals surface area contributed by atoms with Crippen molar-refractivity contribution in [1.29, 1.82) is 0 Å². The highest BCUT2D eigenvalue weighted by molar-refractivity contribution is 7.99. The van der Waals surface area contributed by atoms with Crippen LogP contribution in [0.1, 0.15) is 17.0 Å². The van der Waals surface area contributed by atoms with Gasteiger partial charge in [-0.05, 0) is 59.7 Å². The molecule has 0 saturated heterocycles. The first-order chi connectivity index (χ1) is 12.1. The van der Waals surface area contributed by atoms with Gasteiger partial charge in [0.15, 0.2) is 5.82 Å². The van der Waals surface area contributed by atoms with Crippen LogP contribution in [-0.4, -0.2) is 31.9 Å². The molecular formula is C18H19N5OS. The first kappa shape index (κ1) is 17.2. The smallest absolute Gasteiger partial charge is 0.234 e. The fraction of sp³-hybridized carbons (Fsp3) is 0.222. The Bertz CT molecular complexity index is 863. The number of amides is 1. The molecule has 3 aromatic rings. The topological polar surface area (TPSA) is 72.7 Å². The van der Waals surface area contributed by atoms with E-state index in [1.54, 1.807) is 4.68 Å². The number of carbonyl (C=O) groups excluding carboxylic acids is 1. The standard InChI is InChI=1S/C18H19N5OS/c1-13-8-9-15(10-14(13)2)19-18(24)12-25-11-17-20-21-22-23(17)16-6-4-3-5-7-16/h3-10H,11-12H2,1-2H3,(H,19,24). The van der Waals surface area contributed by atoms with Crippen LogP contribution >= 0.6 is 11.8 Å². The summed E-state index contributed by atoms with van der Waals surface area (Å²) >= 11 is 1.48. The van der Waals surface area contributed by atoms with Crippen LogP contribution < -0.4 is 5.32 Å². The lowest BCUT2D eigenvalue weighted by molar-refractivity contribution is -0.113. The summed E-state index contributed by atoms with van der Waals surface area (Å²) in [7, 11) is 0. The number of rotatable bonds is 6. The minimum absolute atomic E-state index is 0.0352. The summed E-state index contributed by atoms with van der Waals surface area (Å²) in [5.74, 6) is 1.58. The molecule has 1 aromatic heterocycles. The predicted octanol–water partition coefficient (Wildman–Crippen LogP) is 3.15. The number of tetrazole rings is 1. The van der Waals surface area contributed by atoms with Gasteiger partial charge in [0.05, 0.1) is 17.2 Å². The van der Waals surface area contributed by atoms with Crippen LogP contribution in [0.4, 0.5) is 5.69 Å². The molecule has 0 aliphatic rings. The molecule has 0 unspecified atom stereocenters. The summed E-state index contributed by atoms with van der Waals surface area (Å²) in [6, 6.07) is 15.6. The summed E-state index contributed by atoms with van der Waals surface area (Å²) in [4.78, 5) is 12.1. The molecule has 25 heavy (non-hydrogen) atoms. The molecule has 0 spiro atoms. The van der Waals surface area contributed by atoms with Crippen LogP contribution in [0, 0.1) is 13.8 Å². The molecule has 0 bridgehead atoms. The van der Waals surface area contributed by atoms with Gasteiger partial charge in [-0.25, -0.2) is 0 Å². The van der Waals surface area contributed by atoms with E-state index in [0.29, 0.717) is 11.5 Å².